The molecule has 0 spiro atoms. The first-order chi connectivity index (χ1) is 8.98. The Labute approximate surface area is 118 Å². The minimum atomic E-state index is -3.36. The summed E-state index contributed by atoms with van der Waals surface area (Å²) < 4.78 is 28.8. The lowest BCUT2D eigenvalue weighted by Gasteiger charge is -2.40. The molecule has 0 radical (unpaired) electrons. The highest BCUT2D eigenvalue weighted by Crippen LogP contribution is 2.26. The van der Waals surface area contributed by atoms with Gasteiger partial charge in [0.2, 0.25) is 0 Å². The van der Waals surface area contributed by atoms with Crippen molar-refractivity contribution in [3.05, 3.63) is 0 Å². The lowest BCUT2D eigenvalue weighted by Crippen LogP contribution is -2.55. The molecule has 0 bridgehead atoms. The van der Waals surface area contributed by atoms with Crippen LogP contribution in [0.5, 0.6) is 0 Å². The molecule has 1 heterocycles. The van der Waals surface area contributed by atoms with E-state index < -0.39 is 10.2 Å². The Balaban J connectivity index is 2.94. The molecule has 2 N–H and O–H groups in total. The van der Waals surface area contributed by atoms with E-state index in [2.05, 4.69) is 6.92 Å². The number of hydrogen-bond acceptors (Lipinski definition) is 3. The van der Waals surface area contributed by atoms with Crippen LogP contribution in [0.3, 0.4) is 0 Å². The Morgan fingerprint density at radius 2 is 1.84 bits per heavy atom. The molecule has 2 atom stereocenters. The third-order valence-electron chi connectivity index (χ3n) is 3.87. The van der Waals surface area contributed by atoms with Gasteiger partial charge >= 0.3 is 0 Å². The van der Waals surface area contributed by atoms with Crippen molar-refractivity contribution in [3.8, 4) is 0 Å². The predicted octanol–water partition coefficient (Wildman–Crippen LogP) is 1.41. The first-order valence-corrected chi connectivity index (χ1v) is 8.85. The van der Waals surface area contributed by atoms with E-state index in [0.717, 1.165) is 25.7 Å². The van der Waals surface area contributed by atoms with E-state index in [1.165, 1.54) is 0 Å². The Kier molecular flexibility index (Phi) is 6.73. The monoisotopic (exact) mass is 291 g/mol. The van der Waals surface area contributed by atoms with Crippen LogP contribution in [0.15, 0.2) is 0 Å². The maximum atomic E-state index is 12.8. The third-order valence-corrected chi connectivity index (χ3v) is 5.94. The maximum Gasteiger partial charge on any atom is 0.282 e. The van der Waals surface area contributed by atoms with Crippen LogP contribution in [0, 0.1) is 5.92 Å². The van der Waals surface area contributed by atoms with Gasteiger partial charge in [0.1, 0.15) is 0 Å². The van der Waals surface area contributed by atoms with Gasteiger partial charge in [-0.1, -0.05) is 20.8 Å². The summed E-state index contributed by atoms with van der Waals surface area (Å²) in [6.07, 6.45) is 3.68. The van der Waals surface area contributed by atoms with Crippen LogP contribution in [-0.2, 0) is 10.2 Å². The van der Waals surface area contributed by atoms with Gasteiger partial charge in [0.25, 0.3) is 10.2 Å². The second kappa shape index (κ2) is 7.57. The van der Waals surface area contributed by atoms with Gasteiger partial charge < -0.3 is 5.73 Å². The molecule has 1 saturated heterocycles. The van der Waals surface area contributed by atoms with E-state index >= 15 is 0 Å². The average Bonchev–Trinajstić information content (AvgIpc) is 2.38. The fraction of sp³-hybridized carbons (Fsp3) is 1.00. The molecule has 5 nitrogen and oxygen atoms in total. The van der Waals surface area contributed by atoms with E-state index in [1.54, 1.807) is 8.61 Å². The highest BCUT2D eigenvalue weighted by atomic mass is 32.2. The molecule has 0 aromatic carbocycles. The lowest BCUT2D eigenvalue weighted by molar-refractivity contribution is 0.179. The highest BCUT2D eigenvalue weighted by Gasteiger charge is 2.38. The Morgan fingerprint density at radius 3 is 2.32 bits per heavy atom. The fourth-order valence-electron chi connectivity index (χ4n) is 2.84. The summed E-state index contributed by atoms with van der Waals surface area (Å²) in [5.74, 6) is 0.346. The van der Waals surface area contributed by atoms with Crippen molar-refractivity contribution in [1.29, 1.82) is 0 Å². The minimum absolute atomic E-state index is 0.0463. The summed E-state index contributed by atoms with van der Waals surface area (Å²) in [5.41, 5.74) is 5.80. The van der Waals surface area contributed by atoms with E-state index in [9.17, 15) is 8.42 Å². The Morgan fingerprint density at radius 1 is 1.26 bits per heavy atom. The second-order valence-corrected chi connectivity index (χ2v) is 7.32. The molecule has 1 aliphatic heterocycles. The van der Waals surface area contributed by atoms with Crippen molar-refractivity contribution in [2.24, 2.45) is 11.7 Å². The van der Waals surface area contributed by atoms with Crippen LogP contribution in [0.1, 0.15) is 46.5 Å². The largest absolute Gasteiger partial charge is 0.329 e. The SMILES string of the molecule is CCCN(CCC)S(=O)(=O)N1CCCC(C)C1CN. The molecule has 6 heteroatoms. The zero-order chi connectivity index (χ0) is 14.5. The molecule has 0 aliphatic carbocycles. The van der Waals surface area contributed by atoms with Gasteiger partial charge in [-0.15, -0.1) is 0 Å². The van der Waals surface area contributed by atoms with Crippen molar-refractivity contribution < 1.29 is 8.42 Å². The van der Waals surface area contributed by atoms with E-state index in [-0.39, 0.29) is 6.04 Å². The molecule has 19 heavy (non-hydrogen) atoms. The fourth-order valence-corrected chi connectivity index (χ4v) is 4.96. The smallest absolute Gasteiger partial charge is 0.282 e. The van der Waals surface area contributed by atoms with Crippen LogP contribution < -0.4 is 5.73 Å². The molecule has 2 unspecified atom stereocenters. The van der Waals surface area contributed by atoms with Gasteiger partial charge in [-0.3, -0.25) is 0 Å². The molecule has 1 fully saturated rings. The number of piperidine rings is 1. The van der Waals surface area contributed by atoms with Gasteiger partial charge in [-0.2, -0.15) is 17.0 Å². The number of rotatable bonds is 7. The molecule has 1 aliphatic rings. The van der Waals surface area contributed by atoms with Crippen molar-refractivity contribution in [2.75, 3.05) is 26.2 Å². The molecule has 0 aromatic heterocycles. The third kappa shape index (κ3) is 3.90. The summed E-state index contributed by atoms with van der Waals surface area (Å²) in [5, 5.41) is 0. The molecule has 0 amide bonds. The van der Waals surface area contributed by atoms with E-state index in [4.69, 9.17) is 5.73 Å². The normalized spacial score (nSPS) is 25.9. The molecular weight excluding hydrogens is 262 g/mol. The Bertz CT molecular complexity index is 353. The van der Waals surface area contributed by atoms with Crippen molar-refractivity contribution in [3.63, 3.8) is 0 Å². The number of hydrogen-bond donors (Lipinski definition) is 1. The Hall–Kier alpha value is -0.170. The maximum absolute atomic E-state index is 12.8. The summed E-state index contributed by atoms with van der Waals surface area (Å²) in [7, 11) is -3.36. The van der Waals surface area contributed by atoms with Gasteiger partial charge in [0.05, 0.1) is 0 Å². The molecule has 1 rings (SSSR count). The molecular formula is C13H29N3O2S. The minimum Gasteiger partial charge on any atom is -0.329 e. The van der Waals surface area contributed by atoms with Crippen LogP contribution in [0.2, 0.25) is 0 Å². The average molecular weight is 291 g/mol. The van der Waals surface area contributed by atoms with Gasteiger partial charge in [0.15, 0.2) is 0 Å². The standard InChI is InChI=1S/C13H29N3O2S/c1-4-8-15(9-5-2)19(17,18)16-10-6-7-12(3)13(16)11-14/h12-13H,4-11,14H2,1-3H3. The van der Waals surface area contributed by atoms with Crippen molar-refractivity contribution in [2.45, 2.75) is 52.5 Å². The van der Waals surface area contributed by atoms with E-state index in [0.29, 0.717) is 32.1 Å². The van der Waals surface area contributed by atoms with E-state index in [1.807, 2.05) is 13.8 Å². The molecule has 114 valence electrons. The number of nitrogens with zero attached hydrogens (tertiary/aromatic N) is 2. The molecule has 0 saturated carbocycles. The highest BCUT2D eigenvalue weighted by molar-refractivity contribution is 7.86. The first-order valence-electron chi connectivity index (χ1n) is 7.46. The first kappa shape index (κ1) is 16.9. The van der Waals surface area contributed by atoms with Gasteiger partial charge in [0, 0.05) is 32.2 Å². The van der Waals surface area contributed by atoms with Gasteiger partial charge in [-0.25, -0.2) is 0 Å². The second-order valence-electron chi connectivity index (χ2n) is 5.44. The van der Waals surface area contributed by atoms with Crippen LogP contribution in [-0.4, -0.2) is 49.2 Å². The summed E-state index contributed by atoms with van der Waals surface area (Å²) in [6.45, 7) is 8.33. The van der Waals surface area contributed by atoms with Crippen LogP contribution >= 0.6 is 0 Å². The zero-order valence-corrected chi connectivity index (χ0v) is 13.3. The summed E-state index contributed by atoms with van der Waals surface area (Å²) >= 11 is 0. The quantitative estimate of drug-likeness (QED) is 0.771. The summed E-state index contributed by atoms with van der Waals surface area (Å²) in [6, 6.07) is -0.0463. The number of nitrogens with two attached hydrogens (primary N) is 1. The van der Waals surface area contributed by atoms with Gasteiger partial charge in [-0.05, 0) is 31.6 Å². The lowest BCUT2D eigenvalue weighted by atomic mass is 9.93. The predicted molar refractivity (Wildman–Crippen MR) is 79.0 cm³/mol. The van der Waals surface area contributed by atoms with Crippen LogP contribution in [0.25, 0.3) is 0 Å². The zero-order valence-electron chi connectivity index (χ0n) is 12.5. The molecule has 0 aromatic rings. The topological polar surface area (TPSA) is 66.6 Å². The summed E-state index contributed by atoms with van der Waals surface area (Å²) in [4.78, 5) is 0. The van der Waals surface area contributed by atoms with Crippen molar-refractivity contribution >= 4 is 10.2 Å². The van der Waals surface area contributed by atoms with Crippen LogP contribution in [0.4, 0.5) is 0 Å². The van der Waals surface area contributed by atoms with Crippen molar-refractivity contribution in [1.82, 2.24) is 8.61 Å².